The molecule has 0 bridgehead atoms. The molecule has 0 saturated heterocycles. The van der Waals surface area contributed by atoms with Gasteiger partial charge in [-0.15, -0.1) is 0 Å². The SMILES string of the molecule is Cc1ccc2c(NC(=O)c3ccc(C)c(C)c3)cccc2n1. The molecular weight excluding hydrogens is 272 g/mol. The summed E-state index contributed by atoms with van der Waals surface area (Å²) in [6, 6.07) is 15.4. The average Bonchev–Trinajstić information content (AvgIpc) is 2.50. The predicted octanol–water partition coefficient (Wildman–Crippen LogP) is 4.41. The van der Waals surface area contributed by atoms with Crippen molar-refractivity contribution in [1.29, 1.82) is 0 Å². The molecule has 1 amide bonds. The molecule has 0 unspecified atom stereocenters. The molecule has 0 spiro atoms. The van der Waals surface area contributed by atoms with Gasteiger partial charge in [0.1, 0.15) is 0 Å². The minimum Gasteiger partial charge on any atom is -0.321 e. The fraction of sp³-hybridized carbons (Fsp3) is 0.158. The molecule has 0 aliphatic rings. The molecule has 1 heterocycles. The third kappa shape index (κ3) is 2.70. The van der Waals surface area contributed by atoms with Gasteiger partial charge >= 0.3 is 0 Å². The Bertz CT molecular complexity index is 868. The van der Waals surface area contributed by atoms with Gasteiger partial charge in [0.25, 0.3) is 5.91 Å². The van der Waals surface area contributed by atoms with Gasteiger partial charge in [0.15, 0.2) is 0 Å². The van der Waals surface area contributed by atoms with E-state index in [0.717, 1.165) is 27.8 Å². The van der Waals surface area contributed by atoms with E-state index in [2.05, 4.69) is 10.3 Å². The van der Waals surface area contributed by atoms with Crippen LogP contribution in [0.15, 0.2) is 48.5 Å². The van der Waals surface area contributed by atoms with Crippen LogP contribution < -0.4 is 5.32 Å². The van der Waals surface area contributed by atoms with E-state index in [0.29, 0.717) is 5.56 Å². The number of carbonyl (C=O) groups is 1. The molecule has 1 aromatic heterocycles. The van der Waals surface area contributed by atoms with Crippen molar-refractivity contribution in [2.24, 2.45) is 0 Å². The standard InChI is InChI=1S/C19H18N2O/c1-12-7-9-15(11-13(12)2)19(22)21-18-6-4-5-17-16(18)10-8-14(3)20-17/h4-11H,1-3H3,(H,21,22). The van der Waals surface area contributed by atoms with Crippen LogP contribution in [0.3, 0.4) is 0 Å². The summed E-state index contributed by atoms with van der Waals surface area (Å²) in [5.41, 5.74) is 5.60. The third-order valence-electron chi connectivity index (χ3n) is 3.89. The van der Waals surface area contributed by atoms with E-state index in [1.165, 1.54) is 5.56 Å². The fourth-order valence-corrected chi connectivity index (χ4v) is 2.44. The number of aromatic nitrogens is 1. The van der Waals surface area contributed by atoms with Crippen molar-refractivity contribution in [1.82, 2.24) is 4.98 Å². The molecule has 2 aromatic carbocycles. The predicted molar refractivity (Wildman–Crippen MR) is 90.3 cm³/mol. The Balaban J connectivity index is 1.95. The zero-order chi connectivity index (χ0) is 15.7. The van der Waals surface area contributed by atoms with Crippen molar-refractivity contribution in [3.8, 4) is 0 Å². The summed E-state index contributed by atoms with van der Waals surface area (Å²) in [5.74, 6) is -0.101. The van der Waals surface area contributed by atoms with Crippen LogP contribution in [0.1, 0.15) is 27.2 Å². The van der Waals surface area contributed by atoms with Crippen molar-refractivity contribution in [3.63, 3.8) is 0 Å². The fourth-order valence-electron chi connectivity index (χ4n) is 2.44. The summed E-state index contributed by atoms with van der Waals surface area (Å²) in [7, 11) is 0. The Kier molecular flexibility index (Phi) is 3.63. The third-order valence-corrected chi connectivity index (χ3v) is 3.89. The number of nitrogens with one attached hydrogen (secondary N) is 1. The number of pyridine rings is 1. The first kappa shape index (κ1) is 14.3. The number of hydrogen-bond donors (Lipinski definition) is 1. The molecule has 3 aromatic rings. The lowest BCUT2D eigenvalue weighted by molar-refractivity contribution is 0.102. The van der Waals surface area contributed by atoms with Crippen molar-refractivity contribution in [3.05, 3.63) is 70.9 Å². The summed E-state index contributed by atoms with van der Waals surface area (Å²) >= 11 is 0. The summed E-state index contributed by atoms with van der Waals surface area (Å²) in [4.78, 5) is 16.9. The number of benzene rings is 2. The van der Waals surface area contributed by atoms with E-state index in [4.69, 9.17) is 0 Å². The largest absolute Gasteiger partial charge is 0.321 e. The van der Waals surface area contributed by atoms with E-state index in [9.17, 15) is 4.79 Å². The normalized spacial score (nSPS) is 10.7. The van der Waals surface area contributed by atoms with Crippen LogP contribution in [0.4, 0.5) is 5.69 Å². The van der Waals surface area contributed by atoms with Crippen LogP contribution in [-0.2, 0) is 0 Å². The molecule has 0 aliphatic carbocycles. The lowest BCUT2D eigenvalue weighted by Gasteiger charge is -2.10. The first-order chi connectivity index (χ1) is 10.5. The Morgan fingerprint density at radius 1 is 0.955 bits per heavy atom. The van der Waals surface area contributed by atoms with E-state index < -0.39 is 0 Å². The first-order valence-corrected chi connectivity index (χ1v) is 7.29. The average molecular weight is 290 g/mol. The number of aryl methyl sites for hydroxylation is 3. The monoisotopic (exact) mass is 290 g/mol. The highest BCUT2D eigenvalue weighted by Gasteiger charge is 2.09. The Morgan fingerprint density at radius 3 is 2.55 bits per heavy atom. The van der Waals surface area contributed by atoms with Gasteiger partial charge in [-0.2, -0.15) is 0 Å². The lowest BCUT2D eigenvalue weighted by Crippen LogP contribution is -2.12. The topological polar surface area (TPSA) is 42.0 Å². The molecule has 3 heteroatoms. The highest BCUT2D eigenvalue weighted by Crippen LogP contribution is 2.23. The maximum Gasteiger partial charge on any atom is 0.255 e. The summed E-state index contributed by atoms with van der Waals surface area (Å²) < 4.78 is 0. The molecule has 1 N–H and O–H groups in total. The summed E-state index contributed by atoms with van der Waals surface area (Å²) in [6.45, 7) is 6.01. The molecule has 110 valence electrons. The summed E-state index contributed by atoms with van der Waals surface area (Å²) in [6.07, 6.45) is 0. The van der Waals surface area contributed by atoms with Crippen LogP contribution in [0, 0.1) is 20.8 Å². The Morgan fingerprint density at radius 2 is 1.77 bits per heavy atom. The molecule has 0 radical (unpaired) electrons. The maximum atomic E-state index is 12.5. The van der Waals surface area contributed by atoms with Crippen molar-refractivity contribution in [2.75, 3.05) is 5.32 Å². The Labute approximate surface area is 130 Å². The van der Waals surface area contributed by atoms with Crippen molar-refractivity contribution in [2.45, 2.75) is 20.8 Å². The number of carbonyl (C=O) groups excluding carboxylic acids is 1. The highest BCUT2D eigenvalue weighted by atomic mass is 16.1. The number of fused-ring (bicyclic) bond motifs is 1. The summed E-state index contributed by atoms with van der Waals surface area (Å²) in [5, 5.41) is 3.94. The minimum absolute atomic E-state index is 0.101. The van der Waals surface area contributed by atoms with Gasteiger partial charge < -0.3 is 5.32 Å². The van der Waals surface area contributed by atoms with Crippen LogP contribution in [0.5, 0.6) is 0 Å². The van der Waals surface area contributed by atoms with Crippen LogP contribution in [-0.4, -0.2) is 10.9 Å². The van der Waals surface area contributed by atoms with E-state index in [1.807, 2.05) is 69.3 Å². The molecule has 0 saturated carbocycles. The second kappa shape index (κ2) is 5.60. The van der Waals surface area contributed by atoms with E-state index in [1.54, 1.807) is 0 Å². The molecule has 3 rings (SSSR count). The quantitative estimate of drug-likeness (QED) is 0.759. The molecular formula is C19H18N2O. The number of nitrogens with zero attached hydrogens (tertiary/aromatic N) is 1. The van der Waals surface area contributed by atoms with Gasteiger partial charge in [0, 0.05) is 16.6 Å². The van der Waals surface area contributed by atoms with E-state index >= 15 is 0 Å². The maximum absolute atomic E-state index is 12.5. The van der Waals surface area contributed by atoms with Crippen LogP contribution in [0.25, 0.3) is 10.9 Å². The van der Waals surface area contributed by atoms with Gasteiger partial charge in [-0.25, -0.2) is 0 Å². The van der Waals surface area contributed by atoms with Crippen molar-refractivity contribution >= 4 is 22.5 Å². The zero-order valence-electron chi connectivity index (χ0n) is 13.0. The molecule has 3 nitrogen and oxygen atoms in total. The number of hydrogen-bond acceptors (Lipinski definition) is 2. The highest BCUT2D eigenvalue weighted by molar-refractivity contribution is 6.08. The van der Waals surface area contributed by atoms with Gasteiger partial charge in [-0.1, -0.05) is 12.1 Å². The van der Waals surface area contributed by atoms with Crippen molar-refractivity contribution < 1.29 is 4.79 Å². The van der Waals surface area contributed by atoms with Gasteiger partial charge in [-0.3, -0.25) is 9.78 Å². The van der Waals surface area contributed by atoms with Gasteiger partial charge in [0.2, 0.25) is 0 Å². The molecule has 22 heavy (non-hydrogen) atoms. The first-order valence-electron chi connectivity index (χ1n) is 7.29. The molecule has 0 fully saturated rings. The number of anilines is 1. The lowest BCUT2D eigenvalue weighted by atomic mass is 10.1. The smallest absolute Gasteiger partial charge is 0.255 e. The zero-order valence-corrected chi connectivity index (χ0v) is 13.0. The number of rotatable bonds is 2. The van der Waals surface area contributed by atoms with Gasteiger partial charge in [-0.05, 0) is 68.3 Å². The Hall–Kier alpha value is -2.68. The van der Waals surface area contributed by atoms with E-state index in [-0.39, 0.29) is 5.91 Å². The second-order valence-corrected chi connectivity index (χ2v) is 5.58. The van der Waals surface area contributed by atoms with Crippen LogP contribution in [0.2, 0.25) is 0 Å². The molecule has 0 aliphatic heterocycles. The minimum atomic E-state index is -0.101. The number of amides is 1. The second-order valence-electron chi connectivity index (χ2n) is 5.58. The molecule has 0 atom stereocenters. The van der Waals surface area contributed by atoms with Crippen LogP contribution >= 0.6 is 0 Å². The van der Waals surface area contributed by atoms with Gasteiger partial charge in [0.05, 0.1) is 11.2 Å².